The third-order valence-electron chi connectivity index (χ3n) is 2.63. The van der Waals surface area contributed by atoms with Crippen LogP contribution in [0.15, 0.2) is 0 Å². The summed E-state index contributed by atoms with van der Waals surface area (Å²) >= 11 is 0. The van der Waals surface area contributed by atoms with E-state index in [1.165, 1.54) is 12.0 Å². The van der Waals surface area contributed by atoms with Crippen molar-refractivity contribution in [2.24, 2.45) is 5.92 Å². The van der Waals surface area contributed by atoms with Gasteiger partial charge in [-0.15, -0.1) is 0 Å². The number of nitrogens with zero attached hydrogens (tertiary/aromatic N) is 1. The molecule has 6 nitrogen and oxygen atoms in total. The SMILES string of the molecule is CCOC1CC1C(=O)N(CCOC)CC(=O)O. The number of carbonyl (C=O) groups is 2. The minimum absolute atomic E-state index is 0.0358. The molecular formula is C11H19NO5. The molecule has 0 bridgehead atoms. The van der Waals surface area contributed by atoms with Crippen LogP contribution in [0.4, 0.5) is 0 Å². The molecule has 0 saturated heterocycles. The highest BCUT2D eigenvalue weighted by Gasteiger charge is 2.46. The van der Waals surface area contributed by atoms with Crippen molar-refractivity contribution in [2.75, 3.05) is 33.4 Å². The molecule has 2 atom stereocenters. The summed E-state index contributed by atoms with van der Waals surface area (Å²) in [6.07, 6.45) is 0.654. The third kappa shape index (κ3) is 4.32. The van der Waals surface area contributed by atoms with Gasteiger partial charge in [-0.05, 0) is 13.3 Å². The molecule has 17 heavy (non-hydrogen) atoms. The van der Waals surface area contributed by atoms with Crippen molar-refractivity contribution < 1.29 is 24.2 Å². The number of rotatable bonds is 8. The Balaban J connectivity index is 2.45. The van der Waals surface area contributed by atoms with Gasteiger partial charge in [0.2, 0.25) is 5.91 Å². The van der Waals surface area contributed by atoms with Crippen molar-refractivity contribution in [2.45, 2.75) is 19.4 Å². The van der Waals surface area contributed by atoms with E-state index >= 15 is 0 Å². The fourth-order valence-electron chi connectivity index (χ4n) is 1.70. The topological polar surface area (TPSA) is 76.1 Å². The minimum Gasteiger partial charge on any atom is -0.480 e. The van der Waals surface area contributed by atoms with Gasteiger partial charge in [0.25, 0.3) is 0 Å². The molecule has 1 amide bonds. The van der Waals surface area contributed by atoms with E-state index < -0.39 is 5.97 Å². The summed E-state index contributed by atoms with van der Waals surface area (Å²) in [6.45, 7) is 2.81. The standard InChI is InChI=1S/C11H19NO5/c1-3-17-9-6-8(9)11(15)12(4-5-16-2)7-10(13)14/h8-9H,3-7H2,1-2H3,(H,13,14). The van der Waals surface area contributed by atoms with Crippen LogP contribution < -0.4 is 0 Å². The predicted molar refractivity (Wildman–Crippen MR) is 59.6 cm³/mol. The van der Waals surface area contributed by atoms with Gasteiger partial charge in [-0.1, -0.05) is 0 Å². The van der Waals surface area contributed by atoms with E-state index in [2.05, 4.69) is 0 Å². The van der Waals surface area contributed by atoms with Crippen molar-refractivity contribution in [3.63, 3.8) is 0 Å². The van der Waals surface area contributed by atoms with Crippen LogP contribution in [-0.4, -0.2) is 61.4 Å². The van der Waals surface area contributed by atoms with Gasteiger partial charge in [0.15, 0.2) is 0 Å². The molecule has 0 aromatic heterocycles. The highest BCUT2D eigenvalue weighted by atomic mass is 16.5. The number of hydrogen-bond acceptors (Lipinski definition) is 4. The molecule has 6 heteroatoms. The maximum Gasteiger partial charge on any atom is 0.323 e. The van der Waals surface area contributed by atoms with Gasteiger partial charge in [0, 0.05) is 20.3 Å². The number of hydrogen-bond donors (Lipinski definition) is 1. The second-order valence-electron chi connectivity index (χ2n) is 3.98. The van der Waals surface area contributed by atoms with E-state index in [0.717, 1.165) is 0 Å². The Hall–Kier alpha value is -1.14. The summed E-state index contributed by atoms with van der Waals surface area (Å²) < 4.78 is 10.2. The summed E-state index contributed by atoms with van der Waals surface area (Å²) in [5.41, 5.74) is 0. The molecule has 1 aliphatic rings. The first-order chi connectivity index (χ1) is 8.10. The third-order valence-corrected chi connectivity index (χ3v) is 2.63. The Morgan fingerprint density at radius 2 is 2.18 bits per heavy atom. The molecule has 0 aliphatic heterocycles. The van der Waals surface area contributed by atoms with E-state index in [0.29, 0.717) is 26.2 Å². The molecule has 98 valence electrons. The van der Waals surface area contributed by atoms with Gasteiger partial charge < -0.3 is 19.5 Å². The van der Waals surface area contributed by atoms with Crippen molar-refractivity contribution in [3.05, 3.63) is 0 Å². The molecule has 1 aliphatic carbocycles. The van der Waals surface area contributed by atoms with Gasteiger partial charge >= 0.3 is 5.97 Å². The zero-order valence-electron chi connectivity index (χ0n) is 10.2. The lowest BCUT2D eigenvalue weighted by atomic mass is 10.3. The number of carbonyl (C=O) groups excluding carboxylic acids is 1. The zero-order chi connectivity index (χ0) is 12.8. The predicted octanol–water partition coefficient (Wildman–Crippen LogP) is -0.0290. The smallest absolute Gasteiger partial charge is 0.323 e. The van der Waals surface area contributed by atoms with Crippen LogP contribution in [0.1, 0.15) is 13.3 Å². The van der Waals surface area contributed by atoms with Crippen molar-refractivity contribution in [1.82, 2.24) is 4.90 Å². The lowest BCUT2D eigenvalue weighted by molar-refractivity contribution is -0.145. The number of carboxylic acid groups (broad SMARTS) is 1. The van der Waals surface area contributed by atoms with Crippen LogP contribution in [0, 0.1) is 5.92 Å². The van der Waals surface area contributed by atoms with E-state index in [1.54, 1.807) is 0 Å². The van der Waals surface area contributed by atoms with E-state index in [4.69, 9.17) is 14.6 Å². The molecule has 1 N–H and O–H groups in total. The number of amides is 1. The van der Waals surface area contributed by atoms with E-state index in [9.17, 15) is 9.59 Å². The maximum atomic E-state index is 12.0. The molecule has 0 spiro atoms. The van der Waals surface area contributed by atoms with Gasteiger partial charge in [-0.3, -0.25) is 9.59 Å². The summed E-state index contributed by atoms with van der Waals surface area (Å²) in [6, 6.07) is 0. The normalized spacial score (nSPS) is 22.2. The number of methoxy groups -OCH3 is 1. The molecule has 2 unspecified atom stereocenters. The first-order valence-electron chi connectivity index (χ1n) is 5.71. The maximum absolute atomic E-state index is 12.0. The fourth-order valence-corrected chi connectivity index (χ4v) is 1.70. The molecular weight excluding hydrogens is 226 g/mol. The fraction of sp³-hybridized carbons (Fsp3) is 0.818. The number of ether oxygens (including phenoxy) is 2. The second kappa shape index (κ2) is 6.56. The molecule has 0 radical (unpaired) electrons. The average Bonchev–Trinajstić information content (AvgIpc) is 3.02. The van der Waals surface area contributed by atoms with Crippen LogP contribution in [0.5, 0.6) is 0 Å². The molecule has 1 rings (SSSR count). The summed E-state index contributed by atoms with van der Waals surface area (Å²) in [4.78, 5) is 23.9. The van der Waals surface area contributed by atoms with Gasteiger partial charge in [0.05, 0.1) is 18.6 Å². The highest BCUT2D eigenvalue weighted by Crippen LogP contribution is 2.35. The van der Waals surface area contributed by atoms with Crippen LogP contribution in [0.3, 0.4) is 0 Å². The monoisotopic (exact) mass is 245 g/mol. The lowest BCUT2D eigenvalue weighted by Gasteiger charge is -2.20. The molecule has 1 fully saturated rings. The van der Waals surface area contributed by atoms with Crippen molar-refractivity contribution in [3.8, 4) is 0 Å². The van der Waals surface area contributed by atoms with Crippen molar-refractivity contribution in [1.29, 1.82) is 0 Å². The quantitative estimate of drug-likeness (QED) is 0.650. The summed E-state index contributed by atoms with van der Waals surface area (Å²) in [5, 5.41) is 8.74. The largest absolute Gasteiger partial charge is 0.480 e. The van der Waals surface area contributed by atoms with Gasteiger partial charge in [-0.2, -0.15) is 0 Å². The highest BCUT2D eigenvalue weighted by molar-refractivity contribution is 5.85. The minimum atomic E-state index is -1.01. The number of aliphatic carboxylic acids is 1. The first kappa shape index (κ1) is 13.9. The Labute approximate surface area is 100 Å². The van der Waals surface area contributed by atoms with Crippen molar-refractivity contribution >= 4 is 11.9 Å². The van der Waals surface area contributed by atoms with Gasteiger partial charge in [-0.25, -0.2) is 0 Å². The van der Waals surface area contributed by atoms with Crippen LogP contribution in [-0.2, 0) is 19.1 Å². The van der Waals surface area contributed by atoms with Crippen LogP contribution in [0.2, 0.25) is 0 Å². The zero-order valence-corrected chi connectivity index (χ0v) is 10.2. The molecule has 0 aromatic rings. The Kier molecular flexibility index (Phi) is 5.37. The second-order valence-corrected chi connectivity index (χ2v) is 3.98. The number of carboxylic acids is 1. The van der Waals surface area contributed by atoms with Crippen LogP contribution >= 0.6 is 0 Å². The molecule has 1 saturated carbocycles. The summed E-state index contributed by atoms with van der Waals surface area (Å²) in [7, 11) is 1.52. The lowest BCUT2D eigenvalue weighted by Crippen LogP contribution is -2.39. The van der Waals surface area contributed by atoms with E-state index in [1.807, 2.05) is 6.92 Å². The Morgan fingerprint density at radius 1 is 1.47 bits per heavy atom. The Morgan fingerprint density at radius 3 is 2.71 bits per heavy atom. The molecule has 0 aromatic carbocycles. The van der Waals surface area contributed by atoms with E-state index in [-0.39, 0.29) is 24.5 Å². The average molecular weight is 245 g/mol. The van der Waals surface area contributed by atoms with Crippen LogP contribution in [0.25, 0.3) is 0 Å². The molecule has 0 heterocycles. The Bertz CT molecular complexity index is 281. The first-order valence-corrected chi connectivity index (χ1v) is 5.71. The summed E-state index contributed by atoms with van der Waals surface area (Å²) in [5.74, 6) is -1.34. The van der Waals surface area contributed by atoms with Gasteiger partial charge in [0.1, 0.15) is 6.54 Å².